The van der Waals surface area contributed by atoms with Crippen molar-refractivity contribution in [3.8, 4) is 17.2 Å². The number of carbonyl (C=O) groups is 4. The molecule has 4 aliphatic rings. The lowest BCUT2D eigenvalue weighted by atomic mass is 9.50. The van der Waals surface area contributed by atoms with Crippen molar-refractivity contribution in [3.05, 3.63) is 101 Å². The van der Waals surface area contributed by atoms with E-state index in [9.17, 15) is 19.5 Å². The van der Waals surface area contributed by atoms with Gasteiger partial charge in [-0.3, -0.25) is 24.5 Å². The van der Waals surface area contributed by atoms with Gasteiger partial charge in [-0.05, 0) is 60.2 Å². The molecule has 234 valence electrons. The number of ether oxygens (including phenoxy) is 2. The molecule has 2 saturated heterocycles. The first kappa shape index (κ1) is 29.8. The van der Waals surface area contributed by atoms with Crippen molar-refractivity contribution in [1.82, 2.24) is 5.32 Å². The predicted molar refractivity (Wildman–Crippen MR) is 170 cm³/mol. The second-order valence-electron chi connectivity index (χ2n) is 12.1. The second kappa shape index (κ2) is 11.2. The molecule has 0 aromatic heterocycles. The lowest BCUT2D eigenvalue weighted by molar-refractivity contribution is -0.128. The van der Waals surface area contributed by atoms with Gasteiger partial charge in [0.2, 0.25) is 29.4 Å². The summed E-state index contributed by atoms with van der Waals surface area (Å²) in [6.07, 6.45) is 6.25. The summed E-state index contributed by atoms with van der Waals surface area (Å²) >= 11 is 6.34. The van der Waals surface area contributed by atoms with Gasteiger partial charge in [0.25, 0.3) is 0 Å². The fourth-order valence-electron chi connectivity index (χ4n) is 8.12. The van der Waals surface area contributed by atoms with Gasteiger partial charge < -0.3 is 14.6 Å². The van der Waals surface area contributed by atoms with Gasteiger partial charge in [-0.15, -0.1) is 0 Å². The van der Waals surface area contributed by atoms with Crippen molar-refractivity contribution in [1.29, 1.82) is 0 Å². The number of fused-ring (bicyclic) bond motifs is 4. The van der Waals surface area contributed by atoms with Crippen LogP contribution in [0.2, 0.25) is 5.02 Å². The van der Waals surface area contributed by atoms with Crippen LogP contribution in [0.15, 0.2) is 84.5 Å². The minimum Gasteiger partial charge on any atom is -0.502 e. The molecule has 46 heavy (non-hydrogen) atoms. The van der Waals surface area contributed by atoms with Crippen LogP contribution in [0.25, 0.3) is 6.08 Å². The zero-order valence-corrected chi connectivity index (χ0v) is 25.9. The number of imide groups is 2. The van der Waals surface area contributed by atoms with Crippen LogP contribution >= 0.6 is 11.6 Å². The van der Waals surface area contributed by atoms with E-state index in [0.29, 0.717) is 28.3 Å². The summed E-state index contributed by atoms with van der Waals surface area (Å²) in [5, 5.41) is 13.4. The average molecular weight is 639 g/mol. The number of carbonyl (C=O) groups excluding carboxylic acids is 4. The van der Waals surface area contributed by atoms with E-state index in [-0.39, 0.29) is 47.3 Å². The first-order chi connectivity index (χ1) is 22.2. The minimum atomic E-state index is -1.36. The number of benzene rings is 3. The molecule has 1 saturated carbocycles. The Bertz CT molecular complexity index is 1830. The largest absolute Gasteiger partial charge is 0.502 e. The van der Waals surface area contributed by atoms with Crippen molar-refractivity contribution in [2.75, 3.05) is 19.1 Å². The van der Waals surface area contributed by atoms with E-state index >= 15 is 4.79 Å². The lowest BCUT2D eigenvalue weighted by Gasteiger charge is -2.49. The third-order valence-corrected chi connectivity index (χ3v) is 10.3. The summed E-state index contributed by atoms with van der Waals surface area (Å²) < 4.78 is 10.7. The molecule has 7 rings (SSSR count). The molecule has 3 aromatic carbocycles. The summed E-state index contributed by atoms with van der Waals surface area (Å²) in [5.41, 5.74) is 1.14. The van der Waals surface area contributed by atoms with Gasteiger partial charge in [0.1, 0.15) is 0 Å². The molecule has 0 bridgehead atoms. The molecule has 3 fully saturated rings. The molecule has 3 aromatic rings. The summed E-state index contributed by atoms with van der Waals surface area (Å²) in [5.74, 6) is -4.30. The van der Waals surface area contributed by atoms with Gasteiger partial charge in [-0.25, -0.2) is 4.90 Å². The van der Waals surface area contributed by atoms with Gasteiger partial charge in [0, 0.05) is 10.9 Å². The Morgan fingerprint density at radius 2 is 1.65 bits per heavy atom. The number of halogens is 1. The fourth-order valence-corrected chi connectivity index (χ4v) is 8.30. The smallest absolute Gasteiger partial charge is 0.246 e. The van der Waals surface area contributed by atoms with Gasteiger partial charge in [0.05, 0.1) is 43.1 Å². The number of hydrogen-bond donors (Lipinski definition) is 2. The summed E-state index contributed by atoms with van der Waals surface area (Å²) in [6, 6.07) is 19.2. The van der Waals surface area contributed by atoms with Crippen LogP contribution in [-0.4, -0.2) is 43.0 Å². The van der Waals surface area contributed by atoms with E-state index in [0.717, 1.165) is 5.57 Å². The molecule has 4 amide bonds. The van der Waals surface area contributed by atoms with E-state index in [4.69, 9.17) is 21.1 Å². The molecule has 0 spiro atoms. The Morgan fingerprint density at radius 1 is 0.935 bits per heavy atom. The molecule has 9 nitrogen and oxygen atoms in total. The molecule has 6 atom stereocenters. The van der Waals surface area contributed by atoms with E-state index < -0.39 is 35.0 Å². The molecule has 2 aliphatic carbocycles. The Kier molecular flexibility index (Phi) is 7.24. The standard InChI is InChI=1S/C36H31ClN2O7/c1-45-28-15-19(16-29(46-2)31(28)40)11-14-26-23-12-13-24-30(33(42)38-32(24)41)25(23)18-27-34(43)39(22-10-6-9-21(37)17-22)35(44)36(26,27)20-7-4-3-5-8-20/h3-12,14-17,24-27,30,40H,13,18H2,1-2H3,(H,38,41,42)/t24-,25+,26-,27-,30-,36-/m0/s1. The number of rotatable bonds is 6. The zero-order chi connectivity index (χ0) is 32.3. The zero-order valence-electron chi connectivity index (χ0n) is 25.1. The number of anilines is 1. The highest BCUT2D eigenvalue weighted by atomic mass is 35.5. The maximum absolute atomic E-state index is 15.1. The molecule has 10 heteroatoms. The number of hydrogen-bond acceptors (Lipinski definition) is 7. The molecule has 0 radical (unpaired) electrons. The number of nitrogens with one attached hydrogen (secondary N) is 1. The van der Waals surface area contributed by atoms with Crippen molar-refractivity contribution < 1.29 is 33.8 Å². The fraction of sp³-hybridized carbons (Fsp3) is 0.278. The number of amides is 4. The molecule has 2 N–H and O–H groups in total. The summed E-state index contributed by atoms with van der Waals surface area (Å²) in [6.45, 7) is 0. The third kappa shape index (κ3) is 4.29. The van der Waals surface area contributed by atoms with Crippen LogP contribution in [0.4, 0.5) is 5.69 Å². The predicted octanol–water partition coefficient (Wildman–Crippen LogP) is 5.06. The Morgan fingerprint density at radius 3 is 2.33 bits per heavy atom. The van der Waals surface area contributed by atoms with E-state index in [2.05, 4.69) is 5.32 Å². The van der Waals surface area contributed by atoms with Crippen LogP contribution < -0.4 is 19.7 Å². The summed E-state index contributed by atoms with van der Waals surface area (Å²) in [7, 11) is 2.88. The highest BCUT2D eigenvalue weighted by Gasteiger charge is 2.69. The number of phenols is 1. The highest BCUT2D eigenvalue weighted by molar-refractivity contribution is 6.32. The van der Waals surface area contributed by atoms with E-state index in [1.165, 1.54) is 19.1 Å². The number of allylic oxidation sites excluding steroid dienone is 3. The Hall–Kier alpha value is -4.89. The molecule has 2 aliphatic heterocycles. The van der Waals surface area contributed by atoms with Crippen LogP contribution in [0.1, 0.15) is 24.0 Å². The minimum absolute atomic E-state index is 0.146. The molecular formula is C36H31ClN2O7. The SMILES string of the molecule is COc1cc(C=C[C@H]2C3=CC[C@@H]4C(=O)NC(=O)[C@@H]4[C@@H]3C[C@H]3C(=O)N(c4cccc(Cl)c4)C(=O)[C@@]23c2ccccc2)cc(OC)c1O. The molecular weight excluding hydrogens is 608 g/mol. The second-order valence-corrected chi connectivity index (χ2v) is 12.6. The molecule has 2 heterocycles. The van der Waals surface area contributed by atoms with Crippen LogP contribution in [-0.2, 0) is 24.6 Å². The third-order valence-electron chi connectivity index (χ3n) is 10.1. The van der Waals surface area contributed by atoms with Crippen LogP contribution in [0, 0.1) is 29.6 Å². The van der Waals surface area contributed by atoms with Crippen LogP contribution in [0.3, 0.4) is 0 Å². The van der Waals surface area contributed by atoms with Gasteiger partial charge in [-0.2, -0.15) is 0 Å². The summed E-state index contributed by atoms with van der Waals surface area (Å²) in [4.78, 5) is 56.9. The van der Waals surface area contributed by atoms with Crippen molar-refractivity contribution in [2.45, 2.75) is 18.3 Å². The first-order valence-corrected chi connectivity index (χ1v) is 15.5. The van der Waals surface area contributed by atoms with E-state index in [1.54, 1.807) is 36.4 Å². The average Bonchev–Trinajstić information content (AvgIpc) is 3.48. The quantitative estimate of drug-likeness (QED) is 0.286. The van der Waals surface area contributed by atoms with Crippen molar-refractivity contribution in [2.24, 2.45) is 29.6 Å². The molecule has 0 unspecified atom stereocenters. The number of phenolic OH excluding ortho intramolecular Hbond substituents is 1. The number of nitrogens with zero attached hydrogens (tertiary/aromatic N) is 1. The van der Waals surface area contributed by atoms with Gasteiger partial charge >= 0.3 is 0 Å². The topological polar surface area (TPSA) is 122 Å². The van der Waals surface area contributed by atoms with E-state index in [1.807, 2.05) is 48.6 Å². The highest BCUT2D eigenvalue weighted by Crippen LogP contribution is 2.61. The van der Waals surface area contributed by atoms with Gasteiger partial charge in [0.15, 0.2) is 11.5 Å². The van der Waals surface area contributed by atoms with Gasteiger partial charge in [-0.1, -0.05) is 71.8 Å². The van der Waals surface area contributed by atoms with Crippen LogP contribution in [0.5, 0.6) is 17.2 Å². The number of methoxy groups -OCH3 is 2. The monoisotopic (exact) mass is 638 g/mol. The Balaban J connectivity index is 1.46. The van der Waals surface area contributed by atoms with Crippen molar-refractivity contribution in [3.63, 3.8) is 0 Å². The first-order valence-electron chi connectivity index (χ1n) is 15.1. The number of aromatic hydroxyl groups is 1. The maximum Gasteiger partial charge on any atom is 0.246 e. The Labute approximate surface area is 270 Å². The normalized spacial score (nSPS) is 28.5. The maximum atomic E-state index is 15.1. The van der Waals surface area contributed by atoms with Crippen molar-refractivity contribution >= 4 is 47.0 Å². The lowest BCUT2D eigenvalue weighted by Crippen LogP contribution is -2.54.